The van der Waals surface area contributed by atoms with Crippen LogP contribution in [0.2, 0.25) is 0 Å². The van der Waals surface area contributed by atoms with E-state index in [4.69, 9.17) is 0 Å². The number of allylic oxidation sites excluding steroid dienone is 4. The molecule has 2 heterocycles. The quantitative estimate of drug-likeness (QED) is 0.276. The maximum atomic E-state index is 2.36. The summed E-state index contributed by atoms with van der Waals surface area (Å²) in [4.78, 5) is 0. The van der Waals surface area contributed by atoms with E-state index < -0.39 is 0 Å². The first-order valence-corrected chi connectivity index (χ1v) is 12.5. The molecular formula is C33H28N2. The van der Waals surface area contributed by atoms with E-state index in [2.05, 4.69) is 120 Å². The highest BCUT2D eigenvalue weighted by molar-refractivity contribution is 6.11. The lowest BCUT2D eigenvalue weighted by molar-refractivity contribution is 0.936. The summed E-state index contributed by atoms with van der Waals surface area (Å²) < 4.78 is 4.66. The maximum absolute atomic E-state index is 2.36. The lowest BCUT2D eigenvalue weighted by Crippen LogP contribution is -2.11. The molecular weight excluding hydrogens is 424 g/mol. The molecule has 1 fully saturated rings. The van der Waals surface area contributed by atoms with Gasteiger partial charge in [0.1, 0.15) is 0 Å². The van der Waals surface area contributed by atoms with Gasteiger partial charge in [-0.15, -0.1) is 0 Å². The third-order valence-electron chi connectivity index (χ3n) is 7.94. The van der Waals surface area contributed by atoms with Crippen LogP contribution in [0.1, 0.15) is 19.3 Å². The van der Waals surface area contributed by atoms with E-state index in [1.165, 1.54) is 65.2 Å². The van der Waals surface area contributed by atoms with Gasteiger partial charge < -0.3 is 9.13 Å². The van der Waals surface area contributed by atoms with Crippen LogP contribution in [0, 0.1) is 0 Å². The van der Waals surface area contributed by atoms with Crippen LogP contribution in [-0.4, -0.2) is 9.13 Å². The van der Waals surface area contributed by atoms with E-state index in [1.807, 2.05) is 0 Å². The smallest absolute Gasteiger partial charge is 0.0494 e. The van der Waals surface area contributed by atoms with Crippen molar-refractivity contribution in [3.8, 4) is 0 Å². The van der Waals surface area contributed by atoms with Crippen molar-refractivity contribution in [2.24, 2.45) is 14.1 Å². The predicted molar refractivity (Wildman–Crippen MR) is 150 cm³/mol. The topological polar surface area (TPSA) is 9.86 Å². The second-order valence-corrected chi connectivity index (χ2v) is 9.91. The summed E-state index contributed by atoms with van der Waals surface area (Å²) in [5.41, 5.74) is 5.64. The molecule has 0 amide bonds. The third kappa shape index (κ3) is 3.10. The monoisotopic (exact) mass is 452 g/mol. The summed E-state index contributed by atoms with van der Waals surface area (Å²) in [6, 6.07) is 26.4. The van der Waals surface area contributed by atoms with Crippen LogP contribution in [0.25, 0.3) is 55.5 Å². The van der Waals surface area contributed by atoms with Crippen LogP contribution in [0.3, 0.4) is 0 Å². The minimum absolute atomic E-state index is 1.06. The van der Waals surface area contributed by atoms with Crippen molar-refractivity contribution in [2.75, 3.05) is 0 Å². The van der Waals surface area contributed by atoms with Gasteiger partial charge in [0.25, 0.3) is 0 Å². The minimum atomic E-state index is 1.06. The Balaban J connectivity index is 1.26. The molecule has 0 aliphatic heterocycles. The van der Waals surface area contributed by atoms with Gasteiger partial charge in [0, 0.05) is 57.4 Å². The molecule has 2 aromatic heterocycles. The van der Waals surface area contributed by atoms with E-state index in [0.717, 1.165) is 19.3 Å². The largest absolute Gasteiger partial charge is 0.344 e. The zero-order valence-electron chi connectivity index (χ0n) is 20.3. The molecule has 0 radical (unpaired) electrons. The van der Waals surface area contributed by atoms with Gasteiger partial charge >= 0.3 is 0 Å². The number of aryl methyl sites for hydroxylation is 2. The molecule has 170 valence electrons. The van der Waals surface area contributed by atoms with Crippen molar-refractivity contribution in [3.05, 3.63) is 107 Å². The van der Waals surface area contributed by atoms with Crippen LogP contribution in [0.4, 0.5) is 0 Å². The normalized spacial score (nSPS) is 18.1. The molecule has 1 aliphatic carbocycles. The molecule has 0 atom stereocenters. The van der Waals surface area contributed by atoms with Crippen LogP contribution >= 0.6 is 0 Å². The number of nitrogens with zero attached hydrogens (tertiary/aromatic N) is 2. The van der Waals surface area contributed by atoms with Gasteiger partial charge in [-0.1, -0.05) is 84.0 Å². The average Bonchev–Trinajstić information content (AvgIpc) is 3.54. The lowest BCUT2D eigenvalue weighted by atomic mass is 10.1. The number of hydrogen-bond acceptors (Lipinski definition) is 0. The van der Waals surface area contributed by atoms with Crippen molar-refractivity contribution < 1.29 is 0 Å². The van der Waals surface area contributed by atoms with Crippen LogP contribution < -0.4 is 10.7 Å². The molecule has 0 spiro atoms. The fourth-order valence-electron chi connectivity index (χ4n) is 6.12. The van der Waals surface area contributed by atoms with Crippen molar-refractivity contribution in [2.45, 2.75) is 19.3 Å². The SMILES string of the molecule is Cn1/c(=C\C=C2\CC/C(=C/C=c3/c4cccc5cccc(c54)n3C)C2)c2cccc3cccc1c32. The van der Waals surface area contributed by atoms with E-state index in [9.17, 15) is 0 Å². The Hall–Kier alpha value is -4.04. The molecule has 6 aromatic rings. The minimum Gasteiger partial charge on any atom is -0.344 e. The van der Waals surface area contributed by atoms with Gasteiger partial charge in [0.15, 0.2) is 0 Å². The second-order valence-electron chi connectivity index (χ2n) is 9.91. The number of aromatic nitrogens is 2. The van der Waals surface area contributed by atoms with Gasteiger partial charge in [-0.3, -0.25) is 0 Å². The molecule has 4 aromatic carbocycles. The van der Waals surface area contributed by atoms with Gasteiger partial charge in [0.05, 0.1) is 0 Å². The predicted octanol–water partition coefficient (Wildman–Crippen LogP) is 6.71. The van der Waals surface area contributed by atoms with Crippen LogP contribution in [0.5, 0.6) is 0 Å². The molecule has 0 unspecified atom stereocenters. The molecule has 0 bridgehead atoms. The highest BCUT2D eigenvalue weighted by Gasteiger charge is 2.13. The molecule has 0 saturated heterocycles. The van der Waals surface area contributed by atoms with E-state index in [-0.39, 0.29) is 0 Å². The zero-order valence-corrected chi connectivity index (χ0v) is 20.3. The Bertz CT molecular complexity index is 1790. The summed E-state index contributed by atoms with van der Waals surface area (Å²) in [6.07, 6.45) is 12.7. The van der Waals surface area contributed by atoms with E-state index in [0.29, 0.717) is 0 Å². The Morgan fingerprint density at radius 2 is 0.971 bits per heavy atom. The fourth-order valence-corrected chi connectivity index (χ4v) is 6.12. The maximum Gasteiger partial charge on any atom is 0.0494 e. The number of benzene rings is 4. The van der Waals surface area contributed by atoms with Crippen LogP contribution in [0.15, 0.2) is 96.1 Å². The first-order chi connectivity index (χ1) is 17.2. The van der Waals surface area contributed by atoms with Crippen molar-refractivity contribution in [1.29, 1.82) is 0 Å². The van der Waals surface area contributed by atoms with Gasteiger partial charge in [-0.05, 0) is 54.3 Å². The highest BCUT2D eigenvalue weighted by Crippen LogP contribution is 2.30. The van der Waals surface area contributed by atoms with Gasteiger partial charge in [-0.2, -0.15) is 0 Å². The zero-order chi connectivity index (χ0) is 23.5. The molecule has 0 N–H and O–H groups in total. The van der Waals surface area contributed by atoms with Gasteiger partial charge in [0.2, 0.25) is 0 Å². The summed E-state index contributed by atoms with van der Waals surface area (Å²) in [6.45, 7) is 0. The Morgan fingerprint density at radius 3 is 1.43 bits per heavy atom. The highest BCUT2D eigenvalue weighted by atomic mass is 14.9. The molecule has 7 rings (SSSR count). The fraction of sp³-hybridized carbons (Fsp3) is 0.152. The summed E-state index contributed by atoms with van der Waals surface area (Å²) >= 11 is 0. The van der Waals surface area contributed by atoms with Crippen LogP contribution in [-0.2, 0) is 14.1 Å². The Morgan fingerprint density at radius 1 is 0.543 bits per heavy atom. The lowest BCUT2D eigenvalue weighted by Gasteiger charge is -1.97. The summed E-state index contributed by atoms with van der Waals surface area (Å²) in [5.74, 6) is 0. The summed E-state index contributed by atoms with van der Waals surface area (Å²) in [5, 5.41) is 10.6. The van der Waals surface area contributed by atoms with E-state index in [1.54, 1.807) is 0 Å². The van der Waals surface area contributed by atoms with Gasteiger partial charge in [-0.25, -0.2) is 0 Å². The standard InChI is InChI=1S/C33H28N2/c1-34-28(26-11-3-7-24-9-5-13-30(34)32(24)26)19-17-22-15-16-23(21-22)18-20-29-27-12-4-8-25-10-6-14-31(33(25)27)35(29)2/h3-14,17-20H,15-16,21H2,1-2H3/b22-17-,23-18-,28-19-,29-20-. The van der Waals surface area contributed by atoms with Crippen molar-refractivity contribution in [3.63, 3.8) is 0 Å². The molecule has 1 saturated carbocycles. The number of hydrogen-bond donors (Lipinski definition) is 0. The second kappa shape index (κ2) is 7.74. The Kier molecular flexibility index (Phi) is 4.50. The molecule has 1 aliphatic rings. The summed E-state index contributed by atoms with van der Waals surface area (Å²) in [7, 11) is 4.36. The van der Waals surface area contributed by atoms with Crippen molar-refractivity contribution in [1.82, 2.24) is 9.13 Å². The molecule has 2 nitrogen and oxygen atoms in total. The Labute approximate surface area is 204 Å². The molecule has 35 heavy (non-hydrogen) atoms. The average molecular weight is 453 g/mol. The number of rotatable bonds is 2. The first kappa shape index (κ1) is 20.3. The van der Waals surface area contributed by atoms with Crippen molar-refractivity contribution >= 4 is 55.5 Å². The van der Waals surface area contributed by atoms with E-state index >= 15 is 0 Å². The first-order valence-electron chi connectivity index (χ1n) is 12.5. The molecule has 2 heteroatoms. The third-order valence-corrected chi connectivity index (χ3v) is 7.94.